The van der Waals surface area contributed by atoms with E-state index in [1.54, 1.807) is 0 Å². The highest BCUT2D eigenvalue weighted by molar-refractivity contribution is 5.77. The molecule has 1 fully saturated rings. The Morgan fingerprint density at radius 2 is 1.37 bits per heavy atom. The summed E-state index contributed by atoms with van der Waals surface area (Å²) < 4.78 is 5.80. The minimum absolute atomic E-state index is 0.0284. The molecule has 0 atom stereocenters. The van der Waals surface area contributed by atoms with E-state index in [0.717, 1.165) is 12.8 Å². The van der Waals surface area contributed by atoms with Gasteiger partial charge in [0.1, 0.15) is 6.10 Å². The second-order valence-electron chi connectivity index (χ2n) is 8.17. The third-order valence-corrected chi connectivity index (χ3v) is 5.77. The van der Waals surface area contributed by atoms with Gasteiger partial charge in [0.25, 0.3) is 0 Å². The second kappa shape index (κ2) is 5.46. The van der Waals surface area contributed by atoms with Gasteiger partial charge in [0, 0.05) is 0 Å². The highest BCUT2D eigenvalue weighted by Crippen LogP contribution is 2.51. The summed E-state index contributed by atoms with van der Waals surface area (Å²) in [7, 11) is 0. The van der Waals surface area contributed by atoms with Gasteiger partial charge in [-0.15, -0.1) is 0 Å². The van der Waals surface area contributed by atoms with E-state index in [1.807, 2.05) is 13.8 Å². The van der Waals surface area contributed by atoms with Crippen LogP contribution in [0.2, 0.25) is 0 Å². The summed E-state index contributed by atoms with van der Waals surface area (Å²) in [5.41, 5.74) is -0.531. The lowest BCUT2D eigenvalue weighted by atomic mass is 9.55. The SMILES string of the molecule is CC(C)(C)C(C)(C)C(C)(C)C(=O)OC1CCCCC1. The first kappa shape index (κ1) is 16.5. The van der Waals surface area contributed by atoms with Crippen LogP contribution in [0.25, 0.3) is 0 Å². The molecule has 1 rings (SSSR count). The molecule has 0 aromatic rings. The topological polar surface area (TPSA) is 26.3 Å². The Hall–Kier alpha value is -0.530. The van der Waals surface area contributed by atoms with Crippen molar-refractivity contribution in [3.05, 3.63) is 0 Å². The lowest BCUT2D eigenvalue weighted by molar-refractivity contribution is -0.173. The van der Waals surface area contributed by atoms with Crippen molar-refractivity contribution >= 4 is 5.97 Å². The van der Waals surface area contributed by atoms with Gasteiger partial charge < -0.3 is 4.74 Å². The summed E-state index contributed by atoms with van der Waals surface area (Å²) in [6.07, 6.45) is 5.90. The summed E-state index contributed by atoms with van der Waals surface area (Å²) in [6.45, 7) is 15.0. The molecule has 2 heteroatoms. The molecule has 112 valence electrons. The Kier molecular flexibility index (Phi) is 4.75. The molecule has 1 aliphatic rings. The Morgan fingerprint density at radius 1 is 0.895 bits per heavy atom. The third-order valence-electron chi connectivity index (χ3n) is 5.77. The van der Waals surface area contributed by atoms with Crippen LogP contribution in [0.3, 0.4) is 0 Å². The predicted molar refractivity (Wildman–Crippen MR) is 80.0 cm³/mol. The standard InChI is InChI=1S/C17H32O2/c1-15(2,3)17(6,7)16(4,5)14(18)19-13-11-9-8-10-12-13/h13H,8-12H2,1-7H3. The smallest absolute Gasteiger partial charge is 0.312 e. The average Bonchev–Trinajstić information content (AvgIpc) is 2.28. The van der Waals surface area contributed by atoms with Crippen LogP contribution < -0.4 is 0 Å². The number of rotatable bonds is 3. The zero-order chi connectivity index (χ0) is 14.9. The van der Waals surface area contributed by atoms with Crippen molar-refractivity contribution in [3.8, 4) is 0 Å². The summed E-state index contributed by atoms with van der Waals surface area (Å²) >= 11 is 0. The first-order chi connectivity index (χ1) is 8.50. The molecule has 0 aliphatic heterocycles. The summed E-state index contributed by atoms with van der Waals surface area (Å²) in [5.74, 6) is -0.0284. The molecule has 1 aliphatic carbocycles. The quantitative estimate of drug-likeness (QED) is 0.676. The summed E-state index contributed by atoms with van der Waals surface area (Å²) in [4.78, 5) is 12.6. The van der Waals surface area contributed by atoms with Gasteiger partial charge in [-0.1, -0.05) is 41.0 Å². The van der Waals surface area contributed by atoms with Crippen molar-refractivity contribution in [2.75, 3.05) is 0 Å². The van der Waals surface area contributed by atoms with Crippen molar-refractivity contribution in [3.63, 3.8) is 0 Å². The zero-order valence-electron chi connectivity index (χ0n) is 13.9. The van der Waals surface area contributed by atoms with Gasteiger partial charge in [0.2, 0.25) is 0 Å². The fourth-order valence-electron chi connectivity index (χ4n) is 2.67. The van der Waals surface area contributed by atoms with Crippen molar-refractivity contribution in [2.24, 2.45) is 16.2 Å². The minimum Gasteiger partial charge on any atom is -0.462 e. The van der Waals surface area contributed by atoms with Gasteiger partial charge in [-0.25, -0.2) is 0 Å². The van der Waals surface area contributed by atoms with E-state index in [-0.39, 0.29) is 22.9 Å². The highest BCUT2D eigenvalue weighted by Gasteiger charge is 2.51. The molecule has 19 heavy (non-hydrogen) atoms. The molecule has 0 radical (unpaired) electrons. The van der Waals surface area contributed by atoms with E-state index >= 15 is 0 Å². The van der Waals surface area contributed by atoms with Gasteiger partial charge in [-0.05, 0) is 50.4 Å². The Morgan fingerprint density at radius 3 is 1.79 bits per heavy atom. The molecule has 0 saturated heterocycles. The fourth-order valence-corrected chi connectivity index (χ4v) is 2.67. The van der Waals surface area contributed by atoms with E-state index in [9.17, 15) is 4.79 Å². The van der Waals surface area contributed by atoms with Gasteiger partial charge in [-0.2, -0.15) is 0 Å². The normalized spacial score (nSPS) is 19.3. The maximum Gasteiger partial charge on any atom is 0.312 e. The van der Waals surface area contributed by atoms with E-state index < -0.39 is 5.41 Å². The number of hydrogen-bond acceptors (Lipinski definition) is 2. The van der Waals surface area contributed by atoms with E-state index in [1.165, 1.54) is 19.3 Å². The van der Waals surface area contributed by atoms with Crippen LogP contribution in [-0.4, -0.2) is 12.1 Å². The molecule has 1 saturated carbocycles. The maximum absolute atomic E-state index is 12.6. The van der Waals surface area contributed by atoms with Crippen LogP contribution in [0.5, 0.6) is 0 Å². The van der Waals surface area contributed by atoms with Crippen molar-refractivity contribution in [1.82, 2.24) is 0 Å². The van der Waals surface area contributed by atoms with Gasteiger partial charge >= 0.3 is 5.97 Å². The van der Waals surface area contributed by atoms with Crippen molar-refractivity contribution < 1.29 is 9.53 Å². The van der Waals surface area contributed by atoms with Crippen LogP contribution in [0.4, 0.5) is 0 Å². The van der Waals surface area contributed by atoms with Crippen LogP contribution >= 0.6 is 0 Å². The summed E-state index contributed by atoms with van der Waals surface area (Å²) in [5, 5.41) is 0. The third kappa shape index (κ3) is 3.32. The molecule has 0 heterocycles. The maximum atomic E-state index is 12.6. The Bertz CT molecular complexity index is 315. The molecule has 0 bridgehead atoms. The zero-order valence-corrected chi connectivity index (χ0v) is 13.9. The lowest BCUT2D eigenvalue weighted by Crippen LogP contribution is -2.49. The van der Waals surface area contributed by atoms with Gasteiger partial charge in [0.05, 0.1) is 5.41 Å². The number of hydrogen-bond donors (Lipinski definition) is 0. The predicted octanol–water partition coefficient (Wildman–Crippen LogP) is 4.96. The monoisotopic (exact) mass is 268 g/mol. The highest BCUT2D eigenvalue weighted by atomic mass is 16.5. The Labute approximate surface area is 119 Å². The van der Waals surface area contributed by atoms with Crippen LogP contribution in [-0.2, 0) is 9.53 Å². The number of carbonyl (C=O) groups excluding carboxylic acids is 1. The van der Waals surface area contributed by atoms with Gasteiger partial charge in [-0.3, -0.25) is 4.79 Å². The van der Waals surface area contributed by atoms with E-state index in [0.29, 0.717) is 0 Å². The molecule has 0 amide bonds. The Balaban J connectivity index is 2.78. The molecule has 0 spiro atoms. The minimum atomic E-state index is -0.470. The van der Waals surface area contributed by atoms with Crippen LogP contribution in [0.1, 0.15) is 80.6 Å². The molecule has 2 nitrogen and oxygen atoms in total. The van der Waals surface area contributed by atoms with Crippen molar-refractivity contribution in [2.45, 2.75) is 86.7 Å². The molecule has 0 aromatic heterocycles. The molecule has 0 unspecified atom stereocenters. The number of esters is 1. The fraction of sp³-hybridized carbons (Fsp3) is 0.941. The van der Waals surface area contributed by atoms with Crippen LogP contribution in [0, 0.1) is 16.2 Å². The van der Waals surface area contributed by atoms with Crippen molar-refractivity contribution in [1.29, 1.82) is 0 Å². The van der Waals surface area contributed by atoms with E-state index in [2.05, 4.69) is 34.6 Å². The first-order valence-electron chi connectivity index (χ1n) is 7.71. The molecule has 0 N–H and O–H groups in total. The largest absolute Gasteiger partial charge is 0.462 e. The molecule has 0 aromatic carbocycles. The number of carbonyl (C=O) groups is 1. The lowest BCUT2D eigenvalue weighted by Gasteiger charge is -2.49. The summed E-state index contributed by atoms with van der Waals surface area (Å²) in [6, 6.07) is 0. The molecular formula is C17H32O2. The van der Waals surface area contributed by atoms with Crippen LogP contribution in [0.15, 0.2) is 0 Å². The first-order valence-corrected chi connectivity index (χ1v) is 7.71. The van der Waals surface area contributed by atoms with Gasteiger partial charge in [0.15, 0.2) is 0 Å². The second-order valence-corrected chi connectivity index (χ2v) is 8.17. The van der Waals surface area contributed by atoms with E-state index in [4.69, 9.17) is 4.74 Å². The average molecular weight is 268 g/mol. The number of ether oxygens (including phenoxy) is 1. The molecular weight excluding hydrogens is 236 g/mol.